The van der Waals surface area contributed by atoms with E-state index in [1.54, 1.807) is 0 Å². The molecule has 3 atom stereocenters. The molecule has 2 aliphatic rings. The molecule has 5 heteroatoms. The first kappa shape index (κ1) is 13.8. The average molecular weight is 255 g/mol. The lowest BCUT2D eigenvalue weighted by atomic mass is 10.0. The van der Waals surface area contributed by atoms with Gasteiger partial charge in [-0.15, -0.1) is 0 Å². The van der Waals surface area contributed by atoms with Gasteiger partial charge in [-0.25, -0.2) is 0 Å². The minimum Gasteiger partial charge on any atom is -0.379 e. The van der Waals surface area contributed by atoms with Crippen LogP contribution in [0, 0.1) is 11.8 Å². The van der Waals surface area contributed by atoms with Crippen LogP contribution >= 0.6 is 0 Å². The summed E-state index contributed by atoms with van der Waals surface area (Å²) in [5.74, 6) is 0.477. The standard InChI is InChI=1S/C13H25N3O2/c1-9(2)16-4-3-10(6-16)5-15-13(17)11-7-18-8-12(11)14/h9-12H,3-8,14H2,1-2H3,(H,15,17). The third kappa shape index (κ3) is 3.22. The highest BCUT2D eigenvalue weighted by Crippen LogP contribution is 2.18. The number of nitrogens with two attached hydrogens (primary N) is 1. The Labute approximate surface area is 109 Å². The molecule has 5 nitrogen and oxygen atoms in total. The first-order chi connectivity index (χ1) is 8.58. The monoisotopic (exact) mass is 255 g/mol. The predicted molar refractivity (Wildman–Crippen MR) is 70.1 cm³/mol. The summed E-state index contributed by atoms with van der Waals surface area (Å²) >= 11 is 0. The predicted octanol–water partition coefficient (Wildman–Crippen LogP) is -0.193. The second-order valence-corrected chi connectivity index (χ2v) is 5.80. The molecule has 0 aliphatic carbocycles. The zero-order valence-corrected chi connectivity index (χ0v) is 11.4. The van der Waals surface area contributed by atoms with Crippen LogP contribution in [0.4, 0.5) is 0 Å². The molecule has 0 aromatic carbocycles. The second-order valence-electron chi connectivity index (χ2n) is 5.80. The Morgan fingerprint density at radius 1 is 1.50 bits per heavy atom. The highest BCUT2D eigenvalue weighted by Gasteiger charge is 2.32. The number of nitrogens with zero attached hydrogens (tertiary/aromatic N) is 1. The number of likely N-dealkylation sites (tertiary alicyclic amines) is 1. The van der Waals surface area contributed by atoms with Gasteiger partial charge in [0, 0.05) is 25.2 Å². The van der Waals surface area contributed by atoms with Crippen molar-refractivity contribution in [3.8, 4) is 0 Å². The molecule has 3 N–H and O–H groups in total. The van der Waals surface area contributed by atoms with E-state index in [1.165, 1.54) is 6.42 Å². The number of carbonyl (C=O) groups is 1. The fourth-order valence-corrected chi connectivity index (χ4v) is 2.72. The van der Waals surface area contributed by atoms with E-state index in [-0.39, 0.29) is 17.9 Å². The molecule has 0 radical (unpaired) electrons. The van der Waals surface area contributed by atoms with Gasteiger partial charge in [0.2, 0.25) is 5.91 Å². The van der Waals surface area contributed by atoms with Crippen molar-refractivity contribution >= 4 is 5.91 Å². The Bertz CT molecular complexity index is 296. The number of ether oxygens (including phenoxy) is 1. The van der Waals surface area contributed by atoms with Gasteiger partial charge in [-0.1, -0.05) is 0 Å². The van der Waals surface area contributed by atoms with E-state index in [1.807, 2.05) is 0 Å². The van der Waals surface area contributed by atoms with Crippen molar-refractivity contribution in [1.29, 1.82) is 0 Å². The number of amides is 1. The summed E-state index contributed by atoms with van der Waals surface area (Å²) in [7, 11) is 0. The maximum Gasteiger partial charge on any atom is 0.227 e. The largest absolute Gasteiger partial charge is 0.379 e. The van der Waals surface area contributed by atoms with E-state index in [4.69, 9.17) is 10.5 Å². The Balaban J connectivity index is 1.70. The summed E-state index contributed by atoms with van der Waals surface area (Å²) in [5, 5.41) is 3.03. The van der Waals surface area contributed by atoms with Crippen LogP contribution in [0.3, 0.4) is 0 Å². The quantitative estimate of drug-likeness (QED) is 0.730. The minimum atomic E-state index is -0.160. The summed E-state index contributed by atoms with van der Waals surface area (Å²) in [6.45, 7) is 8.41. The van der Waals surface area contributed by atoms with Crippen molar-refractivity contribution in [2.75, 3.05) is 32.8 Å². The third-order valence-electron chi connectivity index (χ3n) is 4.07. The Morgan fingerprint density at radius 2 is 2.28 bits per heavy atom. The van der Waals surface area contributed by atoms with E-state index in [9.17, 15) is 4.79 Å². The van der Waals surface area contributed by atoms with Crippen LogP contribution in [-0.2, 0) is 9.53 Å². The SMILES string of the molecule is CC(C)N1CCC(CNC(=O)C2COCC2N)C1. The number of hydrogen-bond donors (Lipinski definition) is 2. The Kier molecular flexibility index (Phi) is 4.59. The molecule has 0 bridgehead atoms. The van der Waals surface area contributed by atoms with Crippen molar-refractivity contribution in [2.24, 2.45) is 17.6 Å². The van der Waals surface area contributed by atoms with Gasteiger partial charge < -0.3 is 20.7 Å². The maximum absolute atomic E-state index is 11.9. The van der Waals surface area contributed by atoms with Crippen molar-refractivity contribution < 1.29 is 9.53 Å². The molecule has 2 fully saturated rings. The summed E-state index contributed by atoms with van der Waals surface area (Å²) in [6.07, 6.45) is 1.17. The van der Waals surface area contributed by atoms with Crippen molar-refractivity contribution in [2.45, 2.75) is 32.4 Å². The summed E-state index contributed by atoms with van der Waals surface area (Å²) < 4.78 is 5.22. The molecule has 2 saturated heterocycles. The molecule has 0 aromatic heterocycles. The third-order valence-corrected chi connectivity index (χ3v) is 4.07. The molecular formula is C13H25N3O2. The maximum atomic E-state index is 11.9. The highest BCUT2D eigenvalue weighted by atomic mass is 16.5. The molecule has 0 spiro atoms. The van der Waals surface area contributed by atoms with Crippen molar-refractivity contribution in [1.82, 2.24) is 10.2 Å². The zero-order valence-electron chi connectivity index (χ0n) is 11.4. The minimum absolute atomic E-state index is 0.0583. The van der Waals surface area contributed by atoms with Gasteiger partial charge in [-0.3, -0.25) is 4.79 Å². The van der Waals surface area contributed by atoms with Crippen molar-refractivity contribution in [3.05, 3.63) is 0 Å². The summed E-state index contributed by atoms with van der Waals surface area (Å²) in [6, 6.07) is 0.461. The van der Waals surface area contributed by atoms with Gasteiger partial charge in [0.05, 0.1) is 19.1 Å². The molecular weight excluding hydrogens is 230 g/mol. The van der Waals surface area contributed by atoms with Crippen LogP contribution < -0.4 is 11.1 Å². The van der Waals surface area contributed by atoms with Gasteiger partial charge in [0.1, 0.15) is 0 Å². The van der Waals surface area contributed by atoms with Gasteiger partial charge >= 0.3 is 0 Å². The lowest BCUT2D eigenvalue weighted by Crippen LogP contribution is -2.42. The van der Waals surface area contributed by atoms with Gasteiger partial charge in [0.25, 0.3) is 0 Å². The fraction of sp³-hybridized carbons (Fsp3) is 0.923. The van der Waals surface area contributed by atoms with E-state index in [0.717, 1.165) is 19.6 Å². The number of carbonyl (C=O) groups excluding carboxylic acids is 1. The lowest BCUT2D eigenvalue weighted by Gasteiger charge is -2.20. The number of rotatable bonds is 4. The summed E-state index contributed by atoms with van der Waals surface area (Å²) in [5.41, 5.74) is 5.83. The first-order valence-corrected chi connectivity index (χ1v) is 6.93. The van der Waals surface area contributed by atoms with Gasteiger partial charge in [0.15, 0.2) is 0 Å². The Morgan fingerprint density at radius 3 is 2.83 bits per heavy atom. The summed E-state index contributed by atoms with van der Waals surface area (Å²) in [4.78, 5) is 14.4. The lowest BCUT2D eigenvalue weighted by molar-refractivity contribution is -0.125. The van der Waals surface area contributed by atoms with E-state index in [2.05, 4.69) is 24.1 Å². The molecule has 1 amide bonds. The van der Waals surface area contributed by atoms with Gasteiger partial charge in [-0.2, -0.15) is 0 Å². The number of hydrogen-bond acceptors (Lipinski definition) is 4. The van der Waals surface area contributed by atoms with Crippen molar-refractivity contribution in [3.63, 3.8) is 0 Å². The van der Waals surface area contributed by atoms with Crippen LogP contribution in [0.2, 0.25) is 0 Å². The molecule has 2 heterocycles. The van der Waals surface area contributed by atoms with E-state index < -0.39 is 0 Å². The smallest absolute Gasteiger partial charge is 0.227 e. The van der Waals surface area contributed by atoms with E-state index in [0.29, 0.717) is 25.2 Å². The molecule has 18 heavy (non-hydrogen) atoms. The first-order valence-electron chi connectivity index (χ1n) is 6.93. The molecule has 0 saturated carbocycles. The van der Waals surface area contributed by atoms with Crippen LogP contribution in [0.15, 0.2) is 0 Å². The van der Waals surface area contributed by atoms with Crippen LogP contribution in [0.1, 0.15) is 20.3 Å². The van der Waals surface area contributed by atoms with Crippen LogP contribution in [-0.4, -0.2) is 55.7 Å². The Hall–Kier alpha value is -0.650. The van der Waals surface area contributed by atoms with Gasteiger partial charge in [-0.05, 0) is 32.7 Å². The van der Waals surface area contributed by atoms with E-state index >= 15 is 0 Å². The molecule has 104 valence electrons. The van der Waals surface area contributed by atoms with Crippen LogP contribution in [0.25, 0.3) is 0 Å². The van der Waals surface area contributed by atoms with Crippen LogP contribution in [0.5, 0.6) is 0 Å². The molecule has 3 unspecified atom stereocenters. The molecule has 2 rings (SSSR count). The zero-order chi connectivity index (χ0) is 13.1. The fourth-order valence-electron chi connectivity index (χ4n) is 2.72. The second kappa shape index (κ2) is 5.99. The highest BCUT2D eigenvalue weighted by molar-refractivity contribution is 5.79. The topological polar surface area (TPSA) is 67.6 Å². The normalized spacial score (nSPS) is 33.2. The number of nitrogens with one attached hydrogen (secondary N) is 1. The molecule has 0 aromatic rings. The average Bonchev–Trinajstić information content (AvgIpc) is 2.94. The molecule has 2 aliphatic heterocycles.